The summed E-state index contributed by atoms with van der Waals surface area (Å²) >= 11 is 5.95. The molecule has 6 nitrogen and oxygen atoms in total. The molecule has 0 radical (unpaired) electrons. The Kier molecular flexibility index (Phi) is 5.59. The second-order valence-corrected chi connectivity index (χ2v) is 3.90. The van der Waals surface area contributed by atoms with Gasteiger partial charge in [-0.2, -0.15) is 0 Å². The largest absolute Gasteiger partial charge is 0.493 e. The highest BCUT2D eigenvalue weighted by Gasteiger charge is 2.16. The number of benzene rings is 1. The van der Waals surface area contributed by atoms with E-state index in [0.717, 1.165) is 0 Å². The maximum atomic E-state index is 11.8. The van der Waals surface area contributed by atoms with Gasteiger partial charge in [-0.1, -0.05) is 11.6 Å². The zero-order valence-electron chi connectivity index (χ0n) is 10.4. The Morgan fingerprint density at radius 1 is 1.16 bits per heavy atom. The van der Waals surface area contributed by atoms with Gasteiger partial charge in [0.05, 0.1) is 19.2 Å². The number of carbonyl (C=O) groups is 2. The summed E-state index contributed by atoms with van der Waals surface area (Å²) in [5, 5.41) is 8.59. The van der Waals surface area contributed by atoms with E-state index in [4.69, 9.17) is 30.9 Å². The summed E-state index contributed by atoms with van der Waals surface area (Å²) in [5.41, 5.74) is 0.185. The number of methoxy groups -OCH3 is 2. The molecule has 1 aromatic rings. The van der Waals surface area contributed by atoms with Crippen LogP contribution in [0.15, 0.2) is 12.1 Å². The molecule has 0 amide bonds. The quantitative estimate of drug-likeness (QED) is 0.768. The topological polar surface area (TPSA) is 82.1 Å². The molecule has 104 valence electrons. The number of ketones is 1. The van der Waals surface area contributed by atoms with Gasteiger partial charge in [-0.25, -0.2) is 4.79 Å². The number of carbonyl (C=O) groups excluding carboxylic acids is 1. The number of carboxylic acids is 1. The van der Waals surface area contributed by atoms with E-state index in [1.165, 1.54) is 26.4 Å². The van der Waals surface area contributed by atoms with Gasteiger partial charge in [0, 0.05) is 11.6 Å². The summed E-state index contributed by atoms with van der Waals surface area (Å²) in [5.74, 6) is -0.831. The van der Waals surface area contributed by atoms with Crippen molar-refractivity contribution in [3.8, 4) is 11.5 Å². The van der Waals surface area contributed by atoms with Gasteiger partial charge in [0.1, 0.15) is 13.2 Å². The SMILES string of the molecule is COc1cc(Cl)c(C(=O)COCC(=O)O)cc1OC. The third-order valence-electron chi connectivity index (χ3n) is 2.23. The van der Waals surface area contributed by atoms with Crippen LogP contribution >= 0.6 is 11.6 Å². The highest BCUT2D eigenvalue weighted by atomic mass is 35.5. The number of carboxylic acid groups (broad SMARTS) is 1. The lowest BCUT2D eigenvalue weighted by molar-refractivity contribution is -0.141. The number of rotatable bonds is 7. The molecule has 0 fully saturated rings. The Morgan fingerprint density at radius 2 is 1.74 bits per heavy atom. The Morgan fingerprint density at radius 3 is 2.26 bits per heavy atom. The van der Waals surface area contributed by atoms with Gasteiger partial charge in [-0.3, -0.25) is 4.79 Å². The van der Waals surface area contributed by atoms with Crippen molar-refractivity contribution in [2.45, 2.75) is 0 Å². The minimum absolute atomic E-state index is 0.182. The number of Topliss-reactive ketones (excluding diaryl/α,β-unsaturated/α-hetero) is 1. The monoisotopic (exact) mass is 288 g/mol. The molecule has 0 atom stereocenters. The molecule has 0 aliphatic rings. The smallest absolute Gasteiger partial charge is 0.329 e. The van der Waals surface area contributed by atoms with Crippen molar-refractivity contribution in [1.29, 1.82) is 0 Å². The van der Waals surface area contributed by atoms with Gasteiger partial charge in [-0.15, -0.1) is 0 Å². The molecule has 0 heterocycles. The first-order valence-electron chi connectivity index (χ1n) is 5.23. The van der Waals surface area contributed by atoms with Gasteiger partial charge < -0.3 is 19.3 Å². The zero-order chi connectivity index (χ0) is 14.4. The summed E-state index contributed by atoms with van der Waals surface area (Å²) in [4.78, 5) is 22.1. The molecule has 1 aromatic carbocycles. The molecule has 0 aliphatic carbocycles. The molecular weight excluding hydrogens is 276 g/mol. The van der Waals surface area contributed by atoms with Gasteiger partial charge in [0.15, 0.2) is 17.3 Å². The van der Waals surface area contributed by atoms with Crippen LogP contribution in [-0.2, 0) is 9.53 Å². The lowest BCUT2D eigenvalue weighted by Crippen LogP contribution is -2.14. The fraction of sp³-hybridized carbons (Fsp3) is 0.333. The summed E-state index contributed by atoms with van der Waals surface area (Å²) < 4.78 is 14.8. The summed E-state index contributed by atoms with van der Waals surface area (Å²) in [6.45, 7) is -0.919. The van der Waals surface area contributed by atoms with Crippen LogP contribution in [0.5, 0.6) is 11.5 Å². The van der Waals surface area contributed by atoms with Gasteiger partial charge in [-0.05, 0) is 6.07 Å². The van der Waals surface area contributed by atoms with Crippen LogP contribution in [0.3, 0.4) is 0 Å². The van der Waals surface area contributed by atoms with Crippen molar-refractivity contribution in [1.82, 2.24) is 0 Å². The number of halogens is 1. The molecule has 1 rings (SSSR count). The fourth-order valence-electron chi connectivity index (χ4n) is 1.38. The van der Waals surface area contributed by atoms with E-state index < -0.39 is 18.4 Å². The van der Waals surface area contributed by atoms with Gasteiger partial charge in [0.2, 0.25) is 0 Å². The number of aliphatic carboxylic acids is 1. The van der Waals surface area contributed by atoms with Crippen molar-refractivity contribution in [2.75, 3.05) is 27.4 Å². The van der Waals surface area contributed by atoms with Crippen LogP contribution in [0.4, 0.5) is 0 Å². The molecule has 0 unspecified atom stereocenters. The molecule has 0 aromatic heterocycles. The fourth-order valence-corrected chi connectivity index (χ4v) is 1.64. The van der Waals surface area contributed by atoms with Gasteiger partial charge >= 0.3 is 5.97 Å². The molecule has 1 N–H and O–H groups in total. The number of hydrogen-bond acceptors (Lipinski definition) is 5. The number of ether oxygens (including phenoxy) is 3. The number of hydrogen-bond donors (Lipinski definition) is 1. The van der Waals surface area contributed by atoms with E-state index in [0.29, 0.717) is 11.5 Å². The van der Waals surface area contributed by atoms with Crippen molar-refractivity contribution in [3.05, 3.63) is 22.7 Å². The lowest BCUT2D eigenvalue weighted by atomic mass is 10.1. The summed E-state index contributed by atoms with van der Waals surface area (Å²) in [6.07, 6.45) is 0. The highest BCUT2D eigenvalue weighted by molar-refractivity contribution is 6.34. The maximum absolute atomic E-state index is 11.8. The minimum atomic E-state index is -1.15. The third kappa shape index (κ3) is 4.11. The summed E-state index contributed by atoms with van der Waals surface area (Å²) in [7, 11) is 2.88. The zero-order valence-corrected chi connectivity index (χ0v) is 11.2. The first-order valence-corrected chi connectivity index (χ1v) is 5.61. The Balaban J connectivity index is 2.87. The maximum Gasteiger partial charge on any atom is 0.329 e. The van der Waals surface area contributed by atoms with Crippen LogP contribution in [0, 0.1) is 0 Å². The Labute approximate surface area is 114 Å². The van der Waals surface area contributed by atoms with Crippen LogP contribution in [0.25, 0.3) is 0 Å². The molecule has 19 heavy (non-hydrogen) atoms. The van der Waals surface area contributed by atoms with Crippen molar-refractivity contribution in [2.24, 2.45) is 0 Å². The standard InChI is InChI=1S/C12H13ClO6/c1-17-10-3-7(8(13)4-11(10)18-2)9(14)5-19-6-12(15)16/h3-4H,5-6H2,1-2H3,(H,15,16). The van der Waals surface area contributed by atoms with Crippen LogP contribution in [0.2, 0.25) is 5.02 Å². The minimum Gasteiger partial charge on any atom is -0.493 e. The van der Waals surface area contributed by atoms with E-state index in [9.17, 15) is 9.59 Å². The van der Waals surface area contributed by atoms with E-state index in [-0.39, 0.29) is 17.2 Å². The summed E-state index contributed by atoms with van der Waals surface area (Å²) in [6, 6.07) is 2.87. The van der Waals surface area contributed by atoms with E-state index in [2.05, 4.69) is 0 Å². The third-order valence-corrected chi connectivity index (χ3v) is 2.55. The molecular formula is C12H13ClO6. The first-order chi connectivity index (χ1) is 8.99. The second-order valence-electron chi connectivity index (χ2n) is 3.50. The Bertz CT molecular complexity index is 485. The van der Waals surface area contributed by atoms with Crippen LogP contribution in [-0.4, -0.2) is 44.3 Å². The van der Waals surface area contributed by atoms with E-state index in [1.807, 2.05) is 0 Å². The second kappa shape index (κ2) is 6.96. The average molecular weight is 289 g/mol. The van der Waals surface area contributed by atoms with Crippen LogP contribution < -0.4 is 9.47 Å². The molecule has 0 saturated carbocycles. The van der Waals surface area contributed by atoms with Crippen molar-refractivity contribution < 1.29 is 28.9 Å². The highest BCUT2D eigenvalue weighted by Crippen LogP contribution is 2.33. The van der Waals surface area contributed by atoms with E-state index >= 15 is 0 Å². The predicted molar refractivity (Wildman–Crippen MR) is 67.3 cm³/mol. The Hall–Kier alpha value is -1.79. The van der Waals surface area contributed by atoms with Gasteiger partial charge in [0.25, 0.3) is 0 Å². The van der Waals surface area contributed by atoms with Crippen molar-refractivity contribution in [3.63, 3.8) is 0 Å². The van der Waals surface area contributed by atoms with Crippen LogP contribution in [0.1, 0.15) is 10.4 Å². The molecule has 0 aliphatic heterocycles. The van der Waals surface area contributed by atoms with E-state index in [1.54, 1.807) is 0 Å². The predicted octanol–water partition coefficient (Wildman–Crippen LogP) is 1.64. The normalized spacial score (nSPS) is 10.1. The van der Waals surface area contributed by atoms with Crippen molar-refractivity contribution >= 4 is 23.4 Å². The first kappa shape index (κ1) is 15.3. The molecule has 7 heteroatoms. The average Bonchev–Trinajstić information content (AvgIpc) is 2.37. The molecule has 0 bridgehead atoms. The molecule has 0 saturated heterocycles. The molecule has 0 spiro atoms. The lowest BCUT2D eigenvalue weighted by Gasteiger charge is -2.11.